The summed E-state index contributed by atoms with van der Waals surface area (Å²) in [7, 11) is 0. The zero-order valence-electron chi connectivity index (χ0n) is 20.4. The summed E-state index contributed by atoms with van der Waals surface area (Å²) >= 11 is 0. The molecule has 0 bridgehead atoms. The lowest BCUT2D eigenvalue weighted by Crippen LogP contribution is -2.13. The number of aryl methyl sites for hydroxylation is 1. The number of fused-ring (bicyclic) bond motifs is 2. The first kappa shape index (κ1) is 22.3. The van der Waals surface area contributed by atoms with E-state index in [1.165, 1.54) is 12.1 Å². The minimum atomic E-state index is -0.284. The highest BCUT2D eigenvalue weighted by Crippen LogP contribution is 2.33. The number of imidazole rings is 1. The largest absolute Gasteiger partial charge is 0.336 e. The van der Waals surface area contributed by atoms with Crippen LogP contribution in [0.5, 0.6) is 0 Å². The van der Waals surface area contributed by atoms with Gasteiger partial charge in [0.05, 0.1) is 34.1 Å². The van der Waals surface area contributed by atoms with Gasteiger partial charge in [0.2, 0.25) is 5.91 Å². The molecule has 4 heterocycles. The molecule has 0 radical (unpaired) electrons. The number of carbonyl (C=O) groups is 1. The lowest BCUT2D eigenvalue weighted by Gasteiger charge is -2.06. The molecule has 7 rings (SSSR count). The Kier molecular flexibility index (Phi) is 5.04. The highest BCUT2D eigenvalue weighted by Gasteiger charge is 2.29. The Hall–Kier alpha value is -4.92. The second-order valence-electron chi connectivity index (χ2n) is 9.70. The van der Waals surface area contributed by atoms with Crippen molar-refractivity contribution in [2.75, 3.05) is 5.32 Å². The molecule has 0 unspecified atom stereocenters. The smallest absolute Gasteiger partial charge is 0.227 e. The zero-order chi connectivity index (χ0) is 25.8. The molecule has 1 fully saturated rings. The topological polar surface area (TPSA) is 112 Å². The van der Waals surface area contributed by atoms with Crippen molar-refractivity contribution in [3.05, 3.63) is 78.4 Å². The van der Waals surface area contributed by atoms with Gasteiger partial charge in [-0.25, -0.2) is 14.4 Å². The van der Waals surface area contributed by atoms with Crippen molar-refractivity contribution in [1.29, 1.82) is 0 Å². The number of rotatable bonds is 5. The third-order valence-electron chi connectivity index (χ3n) is 6.75. The normalized spacial score (nSPS) is 13.3. The van der Waals surface area contributed by atoms with Gasteiger partial charge in [0, 0.05) is 23.2 Å². The average Bonchev–Trinajstić information content (AvgIpc) is 3.54. The van der Waals surface area contributed by atoms with E-state index in [0.29, 0.717) is 28.4 Å². The van der Waals surface area contributed by atoms with Crippen molar-refractivity contribution in [2.45, 2.75) is 19.8 Å². The summed E-state index contributed by atoms with van der Waals surface area (Å²) in [5.41, 5.74) is 8.08. The molecule has 6 aromatic rings. The summed E-state index contributed by atoms with van der Waals surface area (Å²) in [6.45, 7) is 1.87. The van der Waals surface area contributed by atoms with Crippen LogP contribution in [0.4, 0.5) is 10.1 Å². The number of hydrogen-bond acceptors (Lipinski definition) is 5. The van der Waals surface area contributed by atoms with Crippen LogP contribution in [-0.2, 0) is 4.79 Å². The number of aromatic amines is 2. The lowest BCUT2D eigenvalue weighted by atomic mass is 10.0. The zero-order valence-corrected chi connectivity index (χ0v) is 20.4. The maximum atomic E-state index is 14.1. The van der Waals surface area contributed by atoms with Crippen LogP contribution in [0.1, 0.15) is 18.4 Å². The molecular weight excluding hydrogens is 481 g/mol. The highest BCUT2D eigenvalue weighted by molar-refractivity contribution is 5.97. The molecule has 1 amide bonds. The van der Waals surface area contributed by atoms with Crippen LogP contribution in [-0.4, -0.2) is 36.0 Å². The molecule has 0 aliphatic heterocycles. The Bertz CT molecular complexity index is 1850. The van der Waals surface area contributed by atoms with Gasteiger partial charge in [-0.3, -0.25) is 14.9 Å². The van der Waals surface area contributed by atoms with Crippen molar-refractivity contribution >= 4 is 33.7 Å². The average molecular weight is 504 g/mol. The summed E-state index contributed by atoms with van der Waals surface area (Å²) in [4.78, 5) is 29.6. The molecule has 2 aromatic carbocycles. The number of H-pyrrole nitrogens is 2. The Morgan fingerprint density at radius 3 is 2.71 bits per heavy atom. The molecule has 3 N–H and O–H groups in total. The third kappa shape index (κ3) is 3.98. The number of halogens is 1. The Balaban J connectivity index is 1.29. The van der Waals surface area contributed by atoms with Gasteiger partial charge in [-0.1, -0.05) is 18.2 Å². The standard InChI is InChI=1S/C29H22FN7O/c1-15-9-17(11-19(30)10-15)21-3-2-4-23-25(21)35-28(34-23)27-26-24(36-37-27)8-7-22(33-26)18-12-20(14-31-13-18)32-29(38)16-5-6-16/h2-4,7-14,16H,5-6H2,1H3,(H,32,38)(H,34,35)(H,36,37). The molecule has 1 aliphatic carbocycles. The SMILES string of the molecule is Cc1cc(F)cc(-c2cccc3[nH]c(-c4n[nH]c5ccc(-c6cncc(NC(=O)C7CC7)c6)nc45)nc23)c1. The van der Waals surface area contributed by atoms with E-state index in [0.717, 1.165) is 51.6 Å². The molecule has 0 spiro atoms. The van der Waals surface area contributed by atoms with E-state index in [1.54, 1.807) is 12.4 Å². The molecule has 1 aliphatic rings. The molecule has 8 nitrogen and oxygen atoms in total. The Labute approximate surface area is 216 Å². The maximum absolute atomic E-state index is 14.1. The molecule has 0 saturated heterocycles. The minimum absolute atomic E-state index is 0.0298. The van der Waals surface area contributed by atoms with Gasteiger partial charge in [-0.2, -0.15) is 5.10 Å². The predicted octanol–water partition coefficient (Wildman–Crippen LogP) is 6.03. The Morgan fingerprint density at radius 1 is 0.974 bits per heavy atom. The second kappa shape index (κ2) is 8.58. The molecular formula is C29H22FN7O. The summed E-state index contributed by atoms with van der Waals surface area (Å²) in [5, 5.41) is 10.5. The van der Waals surface area contributed by atoms with Crippen molar-refractivity contribution in [3.8, 4) is 33.9 Å². The molecule has 9 heteroatoms. The van der Waals surface area contributed by atoms with Gasteiger partial charge in [-0.05, 0) is 67.3 Å². The minimum Gasteiger partial charge on any atom is -0.336 e. The summed E-state index contributed by atoms with van der Waals surface area (Å²) in [6, 6.07) is 16.4. The van der Waals surface area contributed by atoms with Crippen molar-refractivity contribution in [3.63, 3.8) is 0 Å². The van der Waals surface area contributed by atoms with Gasteiger partial charge in [0.25, 0.3) is 0 Å². The number of aromatic nitrogens is 6. The number of pyridine rings is 2. The maximum Gasteiger partial charge on any atom is 0.227 e. The van der Waals surface area contributed by atoms with Crippen LogP contribution in [0.2, 0.25) is 0 Å². The fraction of sp³-hybridized carbons (Fsp3) is 0.138. The molecule has 1 saturated carbocycles. The van der Waals surface area contributed by atoms with Gasteiger partial charge in [-0.15, -0.1) is 0 Å². The van der Waals surface area contributed by atoms with Crippen LogP contribution in [0.3, 0.4) is 0 Å². The van der Waals surface area contributed by atoms with Crippen molar-refractivity contribution < 1.29 is 9.18 Å². The van der Waals surface area contributed by atoms with Crippen molar-refractivity contribution in [2.24, 2.45) is 5.92 Å². The molecule has 0 atom stereocenters. The van der Waals surface area contributed by atoms with Crippen LogP contribution in [0, 0.1) is 18.7 Å². The quantitative estimate of drug-likeness (QED) is 0.266. The highest BCUT2D eigenvalue weighted by atomic mass is 19.1. The summed E-state index contributed by atoms with van der Waals surface area (Å²) in [6.07, 6.45) is 5.23. The fourth-order valence-electron chi connectivity index (χ4n) is 4.73. The fourth-order valence-corrected chi connectivity index (χ4v) is 4.73. The first-order chi connectivity index (χ1) is 18.5. The number of nitrogens with zero attached hydrogens (tertiary/aromatic N) is 4. The lowest BCUT2D eigenvalue weighted by molar-refractivity contribution is -0.117. The second-order valence-corrected chi connectivity index (χ2v) is 9.70. The van der Waals surface area contributed by atoms with E-state index in [9.17, 15) is 9.18 Å². The number of para-hydroxylation sites is 1. The van der Waals surface area contributed by atoms with Gasteiger partial charge < -0.3 is 10.3 Å². The van der Waals surface area contributed by atoms with Crippen LogP contribution >= 0.6 is 0 Å². The van der Waals surface area contributed by atoms with Crippen LogP contribution in [0.15, 0.2) is 67.0 Å². The number of carbonyl (C=O) groups excluding carboxylic acids is 1. The van der Waals surface area contributed by atoms with Crippen LogP contribution in [0.25, 0.3) is 56.0 Å². The van der Waals surface area contributed by atoms with E-state index in [4.69, 9.17) is 9.97 Å². The molecule has 38 heavy (non-hydrogen) atoms. The Morgan fingerprint density at radius 2 is 1.87 bits per heavy atom. The number of hydrogen-bond donors (Lipinski definition) is 3. The monoisotopic (exact) mass is 503 g/mol. The van der Waals surface area contributed by atoms with E-state index >= 15 is 0 Å². The number of amides is 1. The summed E-state index contributed by atoms with van der Waals surface area (Å²) < 4.78 is 14.1. The van der Waals surface area contributed by atoms with Gasteiger partial charge in [0.1, 0.15) is 11.3 Å². The van der Waals surface area contributed by atoms with Crippen LogP contribution < -0.4 is 5.32 Å². The van der Waals surface area contributed by atoms with E-state index in [2.05, 4.69) is 25.5 Å². The first-order valence-electron chi connectivity index (χ1n) is 12.4. The van der Waals surface area contributed by atoms with E-state index in [1.807, 2.05) is 49.4 Å². The molecule has 186 valence electrons. The number of anilines is 1. The first-order valence-corrected chi connectivity index (χ1v) is 12.4. The number of benzene rings is 2. The predicted molar refractivity (Wildman–Crippen MR) is 144 cm³/mol. The van der Waals surface area contributed by atoms with E-state index < -0.39 is 0 Å². The van der Waals surface area contributed by atoms with Gasteiger partial charge in [0.15, 0.2) is 11.5 Å². The third-order valence-corrected chi connectivity index (χ3v) is 6.75. The number of nitrogens with one attached hydrogen (secondary N) is 3. The summed E-state index contributed by atoms with van der Waals surface area (Å²) in [5.74, 6) is 0.409. The van der Waals surface area contributed by atoms with E-state index in [-0.39, 0.29) is 17.6 Å². The van der Waals surface area contributed by atoms with Gasteiger partial charge >= 0.3 is 0 Å². The van der Waals surface area contributed by atoms with Crippen molar-refractivity contribution in [1.82, 2.24) is 30.1 Å². The molecule has 4 aromatic heterocycles.